The van der Waals surface area contributed by atoms with Crippen molar-refractivity contribution < 1.29 is 14.3 Å². The number of nitrogens with one attached hydrogen (secondary N) is 1. The Hall–Kier alpha value is -3.60. The van der Waals surface area contributed by atoms with Crippen molar-refractivity contribution in [3.05, 3.63) is 90.0 Å². The van der Waals surface area contributed by atoms with Crippen molar-refractivity contribution >= 4 is 23.2 Å². The van der Waals surface area contributed by atoms with Crippen LogP contribution in [0, 0.1) is 0 Å². The average molecular weight is 372 g/mol. The highest BCUT2D eigenvalue weighted by Gasteiger charge is 2.26. The van der Waals surface area contributed by atoms with Crippen molar-refractivity contribution in [2.24, 2.45) is 0 Å². The summed E-state index contributed by atoms with van der Waals surface area (Å²) in [4.78, 5) is 26.4. The molecular weight excluding hydrogens is 352 g/mol. The van der Waals surface area contributed by atoms with Gasteiger partial charge in [-0.25, -0.2) is 0 Å². The molecule has 5 heteroatoms. The van der Waals surface area contributed by atoms with Crippen molar-refractivity contribution in [3.8, 4) is 5.75 Å². The lowest BCUT2D eigenvalue weighted by Crippen LogP contribution is -2.38. The van der Waals surface area contributed by atoms with Crippen LogP contribution in [0.3, 0.4) is 0 Å². The van der Waals surface area contributed by atoms with Gasteiger partial charge in [-0.15, -0.1) is 0 Å². The standard InChI is InChI=1S/C23H20N2O3/c26-22(13-17-7-3-1-4-8-17)24-19-11-12-20-21(14-19)28-16-23(27)25(20)15-18-9-5-2-6-10-18/h1-12,14H,13,15-16H2,(H,24,26). The maximum atomic E-state index is 12.4. The molecule has 5 nitrogen and oxygen atoms in total. The summed E-state index contributed by atoms with van der Waals surface area (Å²) in [5.41, 5.74) is 3.35. The first-order valence-electron chi connectivity index (χ1n) is 9.14. The number of benzene rings is 3. The van der Waals surface area contributed by atoms with Crippen molar-refractivity contribution in [1.82, 2.24) is 0 Å². The number of rotatable bonds is 5. The monoisotopic (exact) mass is 372 g/mol. The Balaban J connectivity index is 1.50. The van der Waals surface area contributed by atoms with E-state index in [0.29, 0.717) is 30.1 Å². The lowest BCUT2D eigenvalue weighted by molar-refractivity contribution is -0.121. The highest BCUT2D eigenvalue weighted by molar-refractivity contribution is 5.99. The molecule has 1 N–H and O–H groups in total. The maximum Gasteiger partial charge on any atom is 0.265 e. The van der Waals surface area contributed by atoms with Crippen LogP contribution in [0.2, 0.25) is 0 Å². The second kappa shape index (κ2) is 7.96. The summed E-state index contributed by atoms with van der Waals surface area (Å²) in [6.07, 6.45) is 0.303. The molecule has 3 aromatic rings. The molecule has 0 aromatic heterocycles. The summed E-state index contributed by atoms with van der Waals surface area (Å²) < 4.78 is 5.60. The van der Waals surface area contributed by atoms with E-state index in [1.807, 2.05) is 66.7 Å². The van der Waals surface area contributed by atoms with E-state index in [4.69, 9.17) is 4.74 Å². The Labute approximate surface area is 163 Å². The van der Waals surface area contributed by atoms with Gasteiger partial charge in [0.15, 0.2) is 6.61 Å². The first kappa shape index (κ1) is 17.8. The van der Waals surface area contributed by atoms with Crippen molar-refractivity contribution in [2.45, 2.75) is 13.0 Å². The van der Waals surface area contributed by atoms with E-state index in [2.05, 4.69) is 5.32 Å². The topological polar surface area (TPSA) is 58.6 Å². The molecule has 0 fully saturated rings. The summed E-state index contributed by atoms with van der Waals surface area (Å²) in [5.74, 6) is 0.407. The molecular formula is C23H20N2O3. The minimum Gasteiger partial charge on any atom is -0.481 e. The molecule has 4 rings (SSSR count). The molecule has 0 spiro atoms. The minimum atomic E-state index is -0.0980. The Morgan fingerprint density at radius 1 is 0.929 bits per heavy atom. The zero-order valence-electron chi connectivity index (χ0n) is 15.3. The largest absolute Gasteiger partial charge is 0.481 e. The summed E-state index contributed by atoms with van der Waals surface area (Å²) >= 11 is 0. The summed E-state index contributed by atoms with van der Waals surface area (Å²) in [5, 5.41) is 2.89. The number of carbonyl (C=O) groups excluding carboxylic acids is 2. The molecule has 0 radical (unpaired) electrons. The number of fused-ring (bicyclic) bond motifs is 1. The van der Waals surface area contributed by atoms with E-state index in [-0.39, 0.29) is 18.4 Å². The van der Waals surface area contributed by atoms with Gasteiger partial charge in [-0.1, -0.05) is 60.7 Å². The quantitative estimate of drug-likeness (QED) is 0.741. The summed E-state index contributed by atoms with van der Waals surface area (Å²) in [7, 11) is 0. The Morgan fingerprint density at radius 2 is 1.61 bits per heavy atom. The van der Waals surface area contributed by atoms with E-state index in [9.17, 15) is 9.59 Å². The lowest BCUT2D eigenvalue weighted by atomic mass is 10.1. The molecule has 1 heterocycles. The third kappa shape index (κ3) is 4.04. The summed E-state index contributed by atoms with van der Waals surface area (Å²) in [6.45, 7) is 0.469. The van der Waals surface area contributed by atoms with Crippen LogP contribution in [0.15, 0.2) is 78.9 Å². The van der Waals surface area contributed by atoms with Crippen LogP contribution in [0.4, 0.5) is 11.4 Å². The molecule has 0 bridgehead atoms. The van der Waals surface area contributed by atoms with Crippen LogP contribution in [-0.2, 0) is 22.6 Å². The van der Waals surface area contributed by atoms with Crippen LogP contribution in [0.25, 0.3) is 0 Å². The fourth-order valence-corrected chi connectivity index (χ4v) is 3.21. The van der Waals surface area contributed by atoms with Gasteiger partial charge in [-0.05, 0) is 23.3 Å². The molecule has 1 aliphatic heterocycles. The third-order valence-corrected chi connectivity index (χ3v) is 4.58. The molecule has 140 valence electrons. The van der Waals surface area contributed by atoms with Gasteiger partial charge >= 0.3 is 0 Å². The van der Waals surface area contributed by atoms with Crippen LogP contribution < -0.4 is 15.0 Å². The molecule has 0 saturated heterocycles. The number of ether oxygens (including phenoxy) is 1. The number of amides is 2. The molecule has 3 aromatic carbocycles. The second-order valence-corrected chi connectivity index (χ2v) is 6.65. The Morgan fingerprint density at radius 3 is 2.32 bits per heavy atom. The number of hydrogen-bond acceptors (Lipinski definition) is 3. The Bertz CT molecular complexity index is 987. The van der Waals surface area contributed by atoms with Crippen LogP contribution in [-0.4, -0.2) is 18.4 Å². The normalized spacial score (nSPS) is 12.9. The van der Waals surface area contributed by atoms with Gasteiger partial charge in [-0.2, -0.15) is 0 Å². The van der Waals surface area contributed by atoms with Crippen molar-refractivity contribution in [2.75, 3.05) is 16.8 Å². The molecule has 0 aliphatic carbocycles. The highest BCUT2D eigenvalue weighted by atomic mass is 16.5. The van der Waals surface area contributed by atoms with Gasteiger partial charge in [0.25, 0.3) is 5.91 Å². The highest BCUT2D eigenvalue weighted by Crippen LogP contribution is 2.35. The van der Waals surface area contributed by atoms with Gasteiger partial charge in [-0.3, -0.25) is 9.59 Å². The fourth-order valence-electron chi connectivity index (χ4n) is 3.21. The van der Waals surface area contributed by atoms with Crippen molar-refractivity contribution in [3.63, 3.8) is 0 Å². The third-order valence-electron chi connectivity index (χ3n) is 4.58. The lowest BCUT2D eigenvalue weighted by Gasteiger charge is -2.29. The predicted octanol–water partition coefficient (Wildman–Crippen LogP) is 3.79. The molecule has 0 saturated carbocycles. The molecule has 0 atom stereocenters. The minimum absolute atomic E-state index is 0.0127. The summed E-state index contributed by atoms with van der Waals surface area (Å²) in [6, 6.07) is 24.8. The number of anilines is 2. The molecule has 28 heavy (non-hydrogen) atoms. The van der Waals surface area contributed by atoms with Gasteiger partial charge in [0.1, 0.15) is 5.75 Å². The van der Waals surface area contributed by atoms with E-state index in [1.165, 1.54) is 0 Å². The number of hydrogen-bond donors (Lipinski definition) is 1. The first-order valence-corrected chi connectivity index (χ1v) is 9.14. The van der Waals surface area contributed by atoms with E-state index < -0.39 is 0 Å². The smallest absolute Gasteiger partial charge is 0.265 e. The SMILES string of the molecule is O=C(Cc1ccccc1)Nc1ccc2c(c1)OCC(=O)N2Cc1ccccc1. The van der Waals surface area contributed by atoms with Gasteiger partial charge in [0.2, 0.25) is 5.91 Å². The van der Waals surface area contributed by atoms with Gasteiger partial charge in [0, 0.05) is 11.8 Å². The average Bonchev–Trinajstić information content (AvgIpc) is 2.71. The van der Waals surface area contributed by atoms with Crippen LogP contribution >= 0.6 is 0 Å². The number of nitrogens with zero attached hydrogens (tertiary/aromatic N) is 1. The molecule has 1 aliphatic rings. The predicted molar refractivity (Wildman–Crippen MR) is 108 cm³/mol. The fraction of sp³-hybridized carbons (Fsp3) is 0.130. The maximum absolute atomic E-state index is 12.4. The zero-order chi connectivity index (χ0) is 19.3. The van der Waals surface area contributed by atoms with E-state index >= 15 is 0 Å². The zero-order valence-corrected chi connectivity index (χ0v) is 15.3. The van der Waals surface area contributed by atoms with Gasteiger partial charge < -0.3 is 15.0 Å². The van der Waals surface area contributed by atoms with Gasteiger partial charge in [0.05, 0.1) is 18.7 Å². The Kier molecular flexibility index (Phi) is 5.06. The van der Waals surface area contributed by atoms with E-state index in [0.717, 1.165) is 11.1 Å². The van der Waals surface area contributed by atoms with Crippen LogP contribution in [0.1, 0.15) is 11.1 Å². The second-order valence-electron chi connectivity index (χ2n) is 6.65. The van der Waals surface area contributed by atoms with Crippen molar-refractivity contribution in [1.29, 1.82) is 0 Å². The first-order chi connectivity index (χ1) is 13.7. The molecule has 0 unspecified atom stereocenters. The number of carbonyl (C=O) groups is 2. The van der Waals surface area contributed by atoms with E-state index in [1.54, 1.807) is 17.0 Å². The van der Waals surface area contributed by atoms with Crippen LogP contribution in [0.5, 0.6) is 5.75 Å². The molecule has 2 amide bonds.